The van der Waals surface area contributed by atoms with Gasteiger partial charge in [0.25, 0.3) is 5.56 Å². The van der Waals surface area contributed by atoms with E-state index in [1.807, 2.05) is 31.2 Å². The standard InChI is InChI=1S/C15H14ClN3O2/c1-9-6-10-4-2-3-5-11(10)19(9)15(21)8-13-17-12(16)7-14(20)18-13/h2-5,7,9H,6,8H2,1H3,(H,17,18,20). The SMILES string of the molecule is CC1Cc2ccccc2N1C(=O)Cc1nc(Cl)cc(=O)[nH]1. The maximum atomic E-state index is 12.5. The van der Waals surface area contributed by atoms with E-state index in [0.717, 1.165) is 17.7 Å². The average Bonchev–Trinajstić information content (AvgIpc) is 2.73. The van der Waals surface area contributed by atoms with Gasteiger partial charge in [-0.25, -0.2) is 4.98 Å². The van der Waals surface area contributed by atoms with Crippen LogP contribution >= 0.6 is 11.6 Å². The van der Waals surface area contributed by atoms with Gasteiger partial charge in [0.05, 0.1) is 6.42 Å². The highest BCUT2D eigenvalue weighted by atomic mass is 35.5. The normalized spacial score (nSPS) is 16.9. The average molecular weight is 304 g/mol. The van der Waals surface area contributed by atoms with Gasteiger partial charge in [-0.05, 0) is 25.0 Å². The van der Waals surface area contributed by atoms with E-state index in [1.54, 1.807) is 4.90 Å². The molecule has 1 aromatic carbocycles. The van der Waals surface area contributed by atoms with Crippen molar-refractivity contribution in [3.05, 3.63) is 57.2 Å². The van der Waals surface area contributed by atoms with Gasteiger partial charge in [0.15, 0.2) is 0 Å². The van der Waals surface area contributed by atoms with Crippen molar-refractivity contribution in [1.29, 1.82) is 0 Å². The Bertz CT molecular complexity index is 757. The molecule has 1 unspecified atom stereocenters. The van der Waals surface area contributed by atoms with Gasteiger partial charge in [0.1, 0.15) is 11.0 Å². The molecule has 0 saturated carbocycles. The zero-order chi connectivity index (χ0) is 15.0. The van der Waals surface area contributed by atoms with Crippen LogP contribution in [0.5, 0.6) is 0 Å². The van der Waals surface area contributed by atoms with E-state index in [0.29, 0.717) is 0 Å². The van der Waals surface area contributed by atoms with Crippen molar-refractivity contribution in [2.24, 2.45) is 0 Å². The van der Waals surface area contributed by atoms with Gasteiger partial charge in [-0.3, -0.25) is 9.59 Å². The molecule has 2 aromatic rings. The van der Waals surface area contributed by atoms with Crippen LogP contribution in [0.2, 0.25) is 5.15 Å². The van der Waals surface area contributed by atoms with Crippen LogP contribution in [0.1, 0.15) is 18.3 Å². The molecule has 0 saturated heterocycles. The Labute approximate surface area is 126 Å². The number of hydrogen-bond acceptors (Lipinski definition) is 3. The molecular weight excluding hydrogens is 290 g/mol. The van der Waals surface area contributed by atoms with E-state index in [4.69, 9.17) is 11.6 Å². The van der Waals surface area contributed by atoms with Gasteiger partial charge in [-0.2, -0.15) is 0 Å². The van der Waals surface area contributed by atoms with Gasteiger partial charge < -0.3 is 9.88 Å². The molecule has 1 aliphatic heterocycles. The fourth-order valence-corrected chi connectivity index (χ4v) is 2.93. The van der Waals surface area contributed by atoms with E-state index < -0.39 is 0 Å². The number of nitrogens with one attached hydrogen (secondary N) is 1. The van der Waals surface area contributed by atoms with Gasteiger partial charge in [0.2, 0.25) is 5.91 Å². The number of benzene rings is 1. The number of anilines is 1. The third-order valence-corrected chi connectivity index (χ3v) is 3.75. The summed E-state index contributed by atoms with van der Waals surface area (Å²) in [5.74, 6) is 0.187. The van der Waals surface area contributed by atoms with E-state index >= 15 is 0 Å². The quantitative estimate of drug-likeness (QED) is 0.862. The highest BCUT2D eigenvalue weighted by molar-refractivity contribution is 6.29. The van der Waals surface area contributed by atoms with E-state index in [2.05, 4.69) is 9.97 Å². The molecular formula is C15H14ClN3O2. The van der Waals surface area contributed by atoms with Crippen molar-refractivity contribution in [2.75, 3.05) is 4.90 Å². The summed E-state index contributed by atoms with van der Waals surface area (Å²) in [7, 11) is 0. The molecule has 1 atom stereocenters. The fraction of sp³-hybridized carbons (Fsp3) is 0.267. The van der Waals surface area contributed by atoms with Crippen LogP contribution in [0.15, 0.2) is 35.1 Å². The zero-order valence-electron chi connectivity index (χ0n) is 11.5. The number of aromatic nitrogens is 2. The first-order chi connectivity index (χ1) is 10.0. The van der Waals surface area contributed by atoms with Crippen LogP contribution in [-0.4, -0.2) is 21.9 Å². The Hall–Kier alpha value is -2.14. The largest absolute Gasteiger partial charge is 0.310 e. The maximum absolute atomic E-state index is 12.5. The summed E-state index contributed by atoms with van der Waals surface area (Å²) in [4.78, 5) is 32.2. The van der Waals surface area contributed by atoms with Crippen molar-refractivity contribution < 1.29 is 4.79 Å². The molecule has 6 heteroatoms. The first kappa shape index (κ1) is 13.8. The molecule has 1 aromatic heterocycles. The smallest absolute Gasteiger partial charge is 0.252 e. The highest BCUT2D eigenvalue weighted by Gasteiger charge is 2.30. The minimum Gasteiger partial charge on any atom is -0.310 e. The van der Waals surface area contributed by atoms with Gasteiger partial charge in [0, 0.05) is 17.8 Å². The van der Waals surface area contributed by atoms with Crippen molar-refractivity contribution in [2.45, 2.75) is 25.8 Å². The van der Waals surface area contributed by atoms with Crippen molar-refractivity contribution in [3.8, 4) is 0 Å². The van der Waals surface area contributed by atoms with Crippen LogP contribution in [0, 0.1) is 0 Å². The summed E-state index contributed by atoms with van der Waals surface area (Å²) in [5, 5.41) is 0.0939. The number of hydrogen-bond donors (Lipinski definition) is 1. The molecule has 0 aliphatic carbocycles. The molecule has 2 heterocycles. The summed E-state index contributed by atoms with van der Waals surface area (Å²) in [5.41, 5.74) is 1.73. The van der Waals surface area contributed by atoms with E-state index in [-0.39, 0.29) is 34.9 Å². The predicted molar refractivity (Wildman–Crippen MR) is 80.7 cm³/mol. The van der Waals surface area contributed by atoms with Crippen LogP contribution in [0.25, 0.3) is 0 Å². The van der Waals surface area contributed by atoms with E-state index in [9.17, 15) is 9.59 Å². The minimum atomic E-state index is -0.354. The van der Waals surface area contributed by atoms with Crippen LogP contribution in [-0.2, 0) is 17.6 Å². The number of carbonyl (C=O) groups excluding carboxylic acids is 1. The first-order valence-corrected chi connectivity index (χ1v) is 7.08. The van der Waals surface area contributed by atoms with Crippen LogP contribution in [0.3, 0.4) is 0 Å². The lowest BCUT2D eigenvalue weighted by atomic mass is 10.1. The number of carbonyl (C=O) groups is 1. The molecule has 108 valence electrons. The van der Waals surface area contributed by atoms with Crippen molar-refractivity contribution >= 4 is 23.2 Å². The summed E-state index contributed by atoms with van der Waals surface area (Å²) in [6, 6.07) is 9.12. The number of H-pyrrole nitrogens is 1. The number of aromatic amines is 1. The lowest BCUT2D eigenvalue weighted by Gasteiger charge is -2.22. The first-order valence-electron chi connectivity index (χ1n) is 6.70. The molecule has 3 rings (SSSR count). The predicted octanol–water partition coefficient (Wildman–Crippen LogP) is 1.94. The summed E-state index contributed by atoms with van der Waals surface area (Å²) in [6.45, 7) is 2.01. The fourth-order valence-electron chi connectivity index (χ4n) is 2.73. The molecule has 0 fully saturated rings. The number of amides is 1. The molecule has 5 nitrogen and oxygen atoms in total. The minimum absolute atomic E-state index is 0.0223. The maximum Gasteiger partial charge on any atom is 0.252 e. The second kappa shape index (κ2) is 5.33. The number of halogens is 1. The Balaban J connectivity index is 1.87. The number of para-hydroxylation sites is 1. The molecule has 1 aliphatic rings. The lowest BCUT2D eigenvalue weighted by molar-refractivity contribution is -0.118. The Morgan fingerprint density at radius 2 is 2.24 bits per heavy atom. The zero-order valence-corrected chi connectivity index (χ0v) is 12.2. The monoisotopic (exact) mass is 303 g/mol. The Kier molecular flexibility index (Phi) is 3.51. The Morgan fingerprint density at radius 1 is 1.48 bits per heavy atom. The third kappa shape index (κ3) is 2.69. The number of fused-ring (bicyclic) bond motifs is 1. The molecule has 21 heavy (non-hydrogen) atoms. The van der Waals surface area contributed by atoms with Gasteiger partial charge >= 0.3 is 0 Å². The van der Waals surface area contributed by atoms with Crippen molar-refractivity contribution in [3.63, 3.8) is 0 Å². The summed E-state index contributed by atoms with van der Waals surface area (Å²) < 4.78 is 0. The van der Waals surface area contributed by atoms with Crippen molar-refractivity contribution in [1.82, 2.24) is 9.97 Å². The molecule has 0 radical (unpaired) electrons. The second-order valence-corrected chi connectivity index (χ2v) is 5.52. The molecule has 0 spiro atoms. The third-order valence-electron chi connectivity index (χ3n) is 3.55. The van der Waals surface area contributed by atoms with Crippen LogP contribution in [0.4, 0.5) is 5.69 Å². The number of nitrogens with zero attached hydrogens (tertiary/aromatic N) is 2. The Morgan fingerprint density at radius 3 is 3.00 bits per heavy atom. The lowest BCUT2D eigenvalue weighted by Crippen LogP contribution is -2.37. The second-order valence-electron chi connectivity index (χ2n) is 5.14. The van der Waals surface area contributed by atoms with E-state index in [1.165, 1.54) is 6.07 Å². The van der Waals surface area contributed by atoms with Gasteiger partial charge in [-0.1, -0.05) is 29.8 Å². The molecule has 1 N–H and O–H groups in total. The highest BCUT2D eigenvalue weighted by Crippen LogP contribution is 2.32. The molecule has 1 amide bonds. The molecule has 0 bridgehead atoms. The summed E-state index contributed by atoms with van der Waals surface area (Å²) in [6.07, 6.45) is 0.857. The number of rotatable bonds is 2. The van der Waals surface area contributed by atoms with Gasteiger partial charge in [-0.15, -0.1) is 0 Å². The van der Waals surface area contributed by atoms with Crippen LogP contribution < -0.4 is 10.5 Å². The summed E-state index contributed by atoms with van der Waals surface area (Å²) >= 11 is 5.75. The topological polar surface area (TPSA) is 66.1 Å².